The van der Waals surface area contributed by atoms with E-state index in [2.05, 4.69) is 68.1 Å². The Morgan fingerprint density at radius 2 is 1.32 bits per heavy atom. The maximum atomic E-state index is 5.65. The summed E-state index contributed by atoms with van der Waals surface area (Å²) in [5, 5.41) is 0. The summed E-state index contributed by atoms with van der Waals surface area (Å²) in [4.78, 5) is 0. The summed E-state index contributed by atoms with van der Waals surface area (Å²) < 4.78 is 5.65. The van der Waals surface area contributed by atoms with Gasteiger partial charge >= 0.3 is 0 Å². The Labute approximate surface area is 189 Å². The molecule has 4 rings (SSSR count). The van der Waals surface area contributed by atoms with Gasteiger partial charge in [0.25, 0.3) is 0 Å². The fourth-order valence-corrected chi connectivity index (χ4v) is 5.85. The van der Waals surface area contributed by atoms with Crippen LogP contribution in [0.5, 0.6) is 0 Å². The molecule has 0 aliphatic heterocycles. The van der Waals surface area contributed by atoms with Gasteiger partial charge in [0.2, 0.25) is 0 Å². The molecule has 0 heterocycles. The first-order chi connectivity index (χ1) is 15.3. The normalized spacial score (nSPS) is 26.5. The Balaban J connectivity index is 1.28. The fourth-order valence-electron chi connectivity index (χ4n) is 5.85. The summed E-state index contributed by atoms with van der Waals surface area (Å²) in [6, 6.07) is 18.3. The van der Waals surface area contributed by atoms with E-state index in [0.29, 0.717) is 6.61 Å². The summed E-state index contributed by atoms with van der Waals surface area (Å²) in [5.74, 6) is 3.50. The molecule has 1 heteroatoms. The van der Waals surface area contributed by atoms with Gasteiger partial charge in [-0.1, -0.05) is 61.5 Å². The zero-order valence-electron chi connectivity index (χ0n) is 19.4. The topological polar surface area (TPSA) is 9.23 Å². The first-order valence-electron chi connectivity index (χ1n) is 12.7. The molecule has 2 aromatic rings. The SMILES string of the molecule is C=C[C@H]1CC[C@H]([C@H]2CC[C@H](c3ccc(-c4ccc(COCCC)cc4)cc3)CC2)CC1. The third-order valence-corrected chi connectivity index (χ3v) is 7.87. The number of allylic oxidation sites excluding steroid dienone is 1. The monoisotopic (exact) mass is 416 g/mol. The molecular formula is C30H40O. The van der Waals surface area contributed by atoms with Crippen LogP contribution in [0.25, 0.3) is 11.1 Å². The average Bonchev–Trinajstić information content (AvgIpc) is 2.85. The highest BCUT2D eigenvalue weighted by molar-refractivity contribution is 5.64. The smallest absolute Gasteiger partial charge is 0.0716 e. The first-order valence-corrected chi connectivity index (χ1v) is 12.7. The molecule has 2 aromatic carbocycles. The Hall–Kier alpha value is -1.86. The third-order valence-electron chi connectivity index (χ3n) is 7.87. The van der Waals surface area contributed by atoms with Crippen LogP contribution in [0.4, 0.5) is 0 Å². The number of benzene rings is 2. The molecule has 0 N–H and O–H groups in total. The van der Waals surface area contributed by atoms with E-state index < -0.39 is 0 Å². The van der Waals surface area contributed by atoms with E-state index in [9.17, 15) is 0 Å². The molecular weight excluding hydrogens is 376 g/mol. The Morgan fingerprint density at radius 1 is 0.774 bits per heavy atom. The van der Waals surface area contributed by atoms with Crippen LogP contribution in [-0.4, -0.2) is 6.61 Å². The van der Waals surface area contributed by atoms with E-state index in [1.54, 1.807) is 5.56 Å². The fraction of sp³-hybridized carbons (Fsp3) is 0.533. The van der Waals surface area contributed by atoms with Crippen LogP contribution in [0.3, 0.4) is 0 Å². The molecule has 0 atom stereocenters. The van der Waals surface area contributed by atoms with Crippen molar-refractivity contribution in [2.24, 2.45) is 17.8 Å². The molecule has 31 heavy (non-hydrogen) atoms. The van der Waals surface area contributed by atoms with E-state index in [-0.39, 0.29) is 0 Å². The molecule has 2 saturated carbocycles. The predicted octanol–water partition coefficient (Wildman–Crippen LogP) is 8.55. The number of ether oxygens (including phenoxy) is 1. The molecule has 0 radical (unpaired) electrons. The lowest BCUT2D eigenvalue weighted by atomic mass is 9.68. The number of hydrogen-bond donors (Lipinski definition) is 0. The molecule has 0 bridgehead atoms. The highest BCUT2D eigenvalue weighted by atomic mass is 16.5. The van der Waals surface area contributed by atoms with Crippen LogP contribution in [0.1, 0.15) is 81.8 Å². The van der Waals surface area contributed by atoms with Crippen molar-refractivity contribution < 1.29 is 4.74 Å². The predicted molar refractivity (Wildman–Crippen MR) is 132 cm³/mol. The summed E-state index contributed by atoms with van der Waals surface area (Å²) in [6.45, 7) is 7.70. The minimum Gasteiger partial charge on any atom is -0.377 e. The third kappa shape index (κ3) is 5.89. The molecule has 0 unspecified atom stereocenters. The average molecular weight is 417 g/mol. The first kappa shape index (κ1) is 22.3. The molecule has 2 aliphatic rings. The van der Waals surface area contributed by atoms with Crippen molar-refractivity contribution in [3.63, 3.8) is 0 Å². The van der Waals surface area contributed by atoms with Crippen LogP contribution < -0.4 is 0 Å². The highest BCUT2D eigenvalue weighted by Crippen LogP contribution is 2.44. The zero-order chi connectivity index (χ0) is 21.5. The second-order valence-corrected chi connectivity index (χ2v) is 9.89. The summed E-state index contributed by atoms with van der Waals surface area (Å²) in [6.07, 6.45) is 14.5. The van der Waals surface area contributed by atoms with E-state index in [0.717, 1.165) is 36.7 Å². The second-order valence-electron chi connectivity index (χ2n) is 9.89. The lowest BCUT2D eigenvalue weighted by Crippen LogP contribution is -2.25. The summed E-state index contributed by atoms with van der Waals surface area (Å²) >= 11 is 0. The standard InChI is InChI=1S/C30H40O/c1-3-21-31-22-24-7-11-26(12-8-24)28-15-19-30(20-16-28)29-17-13-27(14-18-29)25-9-5-23(4-2)6-10-25/h4,7-8,11-12,15-16,19-20,23,25,27,29H,2-3,5-6,9-10,13-14,17-18,21-22H2,1H3/t23-,25-,27-,29-. The van der Waals surface area contributed by atoms with Crippen LogP contribution >= 0.6 is 0 Å². The molecule has 0 aromatic heterocycles. The van der Waals surface area contributed by atoms with E-state index in [1.807, 2.05) is 0 Å². The van der Waals surface area contributed by atoms with Gasteiger partial charge in [0, 0.05) is 6.61 Å². The molecule has 0 spiro atoms. The molecule has 2 fully saturated rings. The van der Waals surface area contributed by atoms with Crippen molar-refractivity contribution in [2.75, 3.05) is 6.61 Å². The van der Waals surface area contributed by atoms with Gasteiger partial charge in [0.15, 0.2) is 0 Å². The Kier molecular flexibility index (Phi) is 8.03. The molecule has 0 saturated heterocycles. The van der Waals surface area contributed by atoms with Crippen molar-refractivity contribution in [3.05, 3.63) is 72.3 Å². The van der Waals surface area contributed by atoms with Crippen molar-refractivity contribution in [3.8, 4) is 11.1 Å². The van der Waals surface area contributed by atoms with Gasteiger partial charge in [-0.15, -0.1) is 6.58 Å². The van der Waals surface area contributed by atoms with Gasteiger partial charge in [-0.25, -0.2) is 0 Å². The highest BCUT2D eigenvalue weighted by Gasteiger charge is 2.30. The number of rotatable bonds is 8. The second kappa shape index (κ2) is 11.1. The zero-order valence-corrected chi connectivity index (χ0v) is 19.4. The van der Waals surface area contributed by atoms with Gasteiger partial charge in [-0.05, 0) is 104 Å². The minimum absolute atomic E-state index is 0.714. The quantitative estimate of drug-likeness (QED) is 0.309. The Bertz CT molecular complexity index is 787. The Morgan fingerprint density at radius 3 is 1.87 bits per heavy atom. The van der Waals surface area contributed by atoms with E-state index >= 15 is 0 Å². The lowest BCUT2D eigenvalue weighted by Gasteiger charge is -2.37. The van der Waals surface area contributed by atoms with Gasteiger partial charge < -0.3 is 4.74 Å². The van der Waals surface area contributed by atoms with Crippen LogP contribution in [0.15, 0.2) is 61.2 Å². The summed E-state index contributed by atoms with van der Waals surface area (Å²) in [7, 11) is 0. The van der Waals surface area contributed by atoms with Gasteiger partial charge in [0.05, 0.1) is 6.61 Å². The van der Waals surface area contributed by atoms with E-state index in [4.69, 9.17) is 4.74 Å². The van der Waals surface area contributed by atoms with Crippen LogP contribution in [0.2, 0.25) is 0 Å². The van der Waals surface area contributed by atoms with Crippen LogP contribution in [0, 0.1) is 17.8 Å². The van der Waals surface area contributed by atoms with Crippen LogP contribution in [-0.2, 0) is 11.3 Å². The molecule has 0 amide bonds. The minimum atomic E-state index is 0.714. The van der Waals surface area contributed by atoms with Crippen molar-refractivity contribution in [1.82, 2.24) is 0 Å². The van der Waals surface area contributed by atoms with E-state index in [1.165, 1.54) is 68.1 Å². The van der Waals surface area contributed by atoms with Gasteiger partial charge in [-0.2, -0.15) is 0 Å². The van der Waals surface area contributed by atoms with Gasteiger partial charge in [0.1, 0.15) is 0 Å². The number of hydrogen-bond acceptors (Lipinski definition) is 1. The largest absolute Gasteiger partial charge is 0.377 e. The van der Waals surface area contributed by atoms with Crippen molar-refractivity contribution in [1.29, 1.82) is 0 Å². The molecule has 1 nitrogen and oxygen atoms in total. The maximum absolute atomic E-state index is 5.65. The lowest BCUT2D eigenvalue weighted by molar-refractivity contribution is 0.121. The van der Waals surface area contributed by atoms with Crippen molar-refractivity contribution >= 4 is 0 Å². The van der Waals surface area contributed by atoms with Gasteiger partial charge in [-0.3, -0.25) is 0 Å². The van der Waals surface area contributed by atoms with Crippen molar-refractivity contribution in [2.45, 2.75) is 77.2 Å². The maximum Gasteiger partial charge on any atom is 0.0716 e. The summed E-state index contributed by atoms with van der Waals surface area (Å²) in [5.41, 5.74) is 5.41. The molecule has 2 aliphatic carbocycles. The molecule has 166 valence electrons.